The summed E-state index contributed by atoms with van der Waals surface area (Å²) in [6, 6.07) is 0.209. The summed E-state index contributed by atoms with van der Waals surface area (Å²) in [5.41, 5.74) is 2.61. The first-order chi connectivity index (χ1) is 8.26. The van der Waals surface area contributed by atoms with Gasteiger partial charge in [0, 0.05) is 19.7 Å². The van der Waals surface area contributed by atoms with Crippen LogP contribution in [0.25, 0.3) is 0 Å². The summed E-state index contributed by atoms with van der Waals surface area (Å²) in [6.07, 6.45) is 6.67. The van der Waals surface area contributed by atoms with Gasteiger partial charge in [0.15, 0.2) is 0 Å². The SMILES string of the molecule is COCC(C)NC(=NCC1CCCCC1)NN. The topological polar surface area (TPSA) is 71.7 Å². The number of guanidine groups is 1. The lowest BCUT2D eigenvalue weighted by Gasteiger charge is -2.21. The van der Waals surface area contributed by atoms with Crippen molar-refractivity contribution in [2.75, 3.05) is 20.3 Å². The third kappa shape index (κ3) is 5.89. The number of nitrogens with one attached hydrogen (secondary N) is 2. The maximum absolute atomic E-state index is 5.45. The zero-order valence-corrected chi connectivity index (χ0v) is 11.0. The van der Waals surface area contributed by atoms with Gasteiger partial charge in [0.1, 0.15) is 0 Å². The van der Waals surface area contributed by atoms with Crippen LogP contribution in [0.2, 0.25) is 0 Å². The summed E-state index contributed by atoms with van der Waals surface area (Å²) in [5, 5.41) is 3.20. The second-order valence-corrected chi connectivity index (χ2v) is 4.84. The second kappa shape index (κ2) is 8.31. The second-order valence-electron chi connectivity index (χ2n) is 4.84. The number of hydrogen-bond acceptors (Lipinski definition) is 3. The lowest BCUT2D eigenvalue weighted by molar-refractivity contribution is 0.179. The smallest absolute Gasteiger partial charge is 0.206 e. The lowest BCUT2D eigenvalue weighted by Crippen LogP contribution is -2.47. The highest BCUT2D eigenvalue weighted by Gasteiger charge is 2.13. The van der Waals surface area contributed by atoms with Crippen LogP contribution in [0.5, 0.6) is 0 Å². The molecule has 0 saturated heterocycles. The Morgan fingerprint density at radius 1 is 1.41 bits per heavy atom. The van der Waals surface area contributed by atoms with E-state index < -0.39 is 0 Å². The fourth-order valence-electron chi connectivity index (χ4n) is 2.25. The molecule has 0 aromatic carbocycles. The zero-order valence-electron chi connectivity index (χ0n) is 11.0. The summed E-state index contributed by atoms with van der Waals surface area (Å²) in [5.74, 6) is 6.84. The van der Waals surface area contributed by atoms with Crippen molar-refractivity contribution < 1.29 is 4.74 Å². The third-order valence-electron chi connectivity index (χ3n) is 3.17. The largest absolute Gasteiger partial charge is 0.383 e. The summed E-state index contributed by atoms with van der Waals surface area (Å²) >= 11 is 0. The van der Waals surface area contributed by atoms with Crippen LogP contribution in [-0.4, -0.2) is 32.3 Å². The standard InChI is InChI=1S/C12H26N4O/c1-10(9-17-2)15-12(16-13)14-8-11-6-4-3-5-7-11/h10-11H,3-9,13H2,1-2H3,(H2,14,15,16). The van der Waals surface area contributed by atoms with Crippen molar-refractivity contribution in [2.45, 2.75) is 45.1 Å². The highest BCUT2D eigenvalue weighted by Crippen LogP contribution is 2.23. The molecule has 1 atom stereocenters. The molecule has 1 saturated carbocycles. The van der Waals surface area contributed by atoms with E-state index in [1.807, 2.05) is 6.92 Å². The normalized spacial score (nSPS) is 20.1. The molecule has 0 radical (unpaired) electrons. The van der Waals surface area contributed by atoms with Crippen LogP contribution in [0, 0.1) is 5.92 Å². The van der Waals surface area contributed by atoms with Gasteiger partial charge < -0.3 is 10.1 Å². The number of hydrogen-bond donors (Lipinski definition) is 3. The van der Waals surface area contributed by atoms with E-state index in [0.717, 1.165) is 12.5 Å². The molecule has 1 aliphatic rings. The number of ether oxygens (including phenoxy) is 1. The van der Waals surface area contributed by atoms with E-state index in [4.69, 9.17) is 10.6 Å². The molecule has 4 N–H and O–H groups in total. The summed E-state index contributed by atoms with van der Waals surface area (Å²) in [4.78, 5) is 4.50. The van der Waals surface area contributed by atoms with Gasteiger partial charge in [-0.3, -0.25) is 10.4 Å². The maximum Gasteiger partial charge on any atom is 0.206 e. The van der Waals surface area contributed by atoms with Crippen LogP contribution >= 0.6 is 0 Å². The van der Waals surface area contributed by atoms with Gasteiger partial charge in [-0.25, -0.2) is 5.84 Å². The third-order valence-corrected chi connectivity index (χ3v) is 3.17. The van der Waals surface area contributed by atoms with Gasteiger partial charge in [0.25, 0.3) is 0 Å². The molecule has 0 amide bonds. The van der Waals surface area contributed by atoms with Gasteiger partial charge in [-0.05, 0) is 25.7 Å². The summed E-state index contributed by atoms with van der Waals surface area (Å²) in [6.45, 7) is 3.55. The lowest BCUT2D eigenvalue weighted by atomic mass is 9.89. The van der Waals surface area contributed by atoms with Crippen LogP contribution in [-0.2, 0) is 4.74 Å². The average Bonchev–Trinajstić information content (AvgIpc) is 2.36. The maximum atomic E-state index is 5.45. The molecular formula is C12H26N4O. The average molecular weight is 242 g/mol. The highest BCUT2D eigenvalue weighted by molar-refractivity contribution is 5.79. The Balaban J connectivity index is 2.31. The van der Waals surface area contributed by atoms with E-state index in [1.54, 1.807) is 7.11 Å². The van der Waals surface area contributed by atoms with Gasteiger partial charge in [-0.1, -0.05) is 19.3 Å². The Labute approximate surface area is 104 Å². The minimum atomic E-state index is 0.209. The molecule has 0 aromatic heterocycles. The number of aliphatic imine (C=N–C) groups is 1. The molecule has 0 bridgehead atoms. The zero-order chi connectivity index (χ0) is 12.5. The Morgan fingerprint density at radius 2 is 2.12 bits per heavy atom. The van der Waals surface area contributed by atoms with E-state index in [9.17, 15) is 0 Å². The van der Waals surface area contributed by atoms with E-state index in [-0.39, 0.29) is 6.04 Å². The minimum Gasteiger partial charge on any atom is -0.383 e. The number of rotatable bonds is 5. The van der Waals surface area contributed by atoms with Crippen molar-refractivity contribution in [3.63, 3.8) is 0 Å². The molecule has 0 aliphatic heterocycles. The molecule has 1 rings (SSSR count). The van der Waals surface area contributed by atoms with Gasteiger partial charge in [-0.15, -0.1) is 0 Å². The van der Waals surface area contributed by atoms with E-state index in [0.29, 0.717) is 12.6 Å². The van der Waals surface area contributed by atoms with Crippen LogP contribution in [0.3, 0.4) is 0 Å². The monoisotopic (exact) mass is 242 g/mol. The van der Waals surface area contributed by atoms with Crippen LogP contribution in [0.15, 0.2) is 4.99 Å². The first-order valence-electron chi connectivity index (χ1n) is 6.52. The predicted octanol–water partition coefficient (Wildman–Crippen LogP) is 1.01. The molecule has 1 fully saturated rings. The number of hydrazine groups is 1. The van der Waals surface area contributed by atoms with E-state index >= 15 is 0 Å². The Morgan fingerprint density at radius 3 is 2.71 bits per heavy atom. The quantitative estimate of drug-likeness (QED) is 0.291. The Hall–Kier alpha value is -0.810. The molecule has 100 valence electrons. The summed E-state index contributed by atoms with van der Waals surface area (Å²) in [7, 11) is 1.69. The number of methoxy groups -OCH3 is 1. The molecule has 0 heterocycles. The fourth-order valence-corrected chi connectivity index (χ4v) is 2.25. The van der Waals surface area contributed by atoms with E-state index in [1.165, 1.54) is 32.1 Å². The number of nitrogens with zero attached hydrogens (tertiary/aromatic N) is 1. The highest BCUT2D eigenvalue weighted by atomic mass is 16.5. The van der Waals surface area contributed by atoms with Gasteiger partial charge in [0.2, 0.25) is 5.96 Å². The molecule has 5 heteroatoms. The van der Waals surface area contributed by atoms with Crippen LogP contribution < -0.4 is 16.6 Å². The van der Waals surface area contributed by atoms with Crippen molar-refractivity contribution >= 4 is 5.96 Å². The van der Waals surface area contributed by atoms with Crippen molar-refractivity contribution in [1.82, 2.24) is 10.7 Å². The summed E-state index contributed by atoms with van der Waals surface area (Å²) < 4.78 is 5.06. The Bertz CT molecular complexity index is 227. The minimum absolute atomic E-state index is 0.209. The predicted molar refractivity (Wildman–Crippen MR) is 70.7 cm³/mol. The van der Waals surface area contributed by atoms with Crippen LogP contribution in [0.1, 0.15) is 39.0 Å². The first kappa shape index (κ1) is 14.3. The van der Waals surface area contributed by atoms with Crippen molar-refractivity contribution in [3.8, 4) is 0 Å². The molecular weight excluding hydrogens is 216 g/mol. The molecule has 1 unspecified atom stereocenters. The van der Waals surface area contributed by atoms with Gasteiger partial charge >= 0.3 is 0 Å². The van der Waals surface area contributed by atoms with E-state index in [2.05, 4.69) is 15.7 Å². The molecule has 17 heavy (non-hydrogen) atoms. The van der Waals surface area contributed by atoms with Crippen LogP contribution in [0.4, 0.5) is 0 Å². The van der Waals surface area contributed by atoms with Crippen molar-refractivity contribution in [1.29, 1.82) is 0 Å². The number of nitrogens with two attached hydrogens (primary N) is 1. The van der Waals surface area contributed by atoms with Gasteiger partial charge in [-0.2, -0.15) is 0 Å². The molecule has 1 aliphatic carbocycles. The molecule has 0 aromatic rings. The first-order valence-corrected chi connectivity index (χ1v) is 6.52. The molecule has 0 spiro atoms. The molecule has 5 nitrogen and oxygen atoms in total. The fraction of sp³-hybridized carbons (Fsp3) is 0.917. The van der Waals surface area contributed by atoms with Crippen molar-refractivity contribution in [2.24, 2.45) is 16.8 Å². The van der Waals surface area contributed by atoms with Gasteiger partial charge in [0.05, 0.1) is 6.61 Å². The Kier molecular flexibility index (Phi) is 6.96. The van der Waals surface area contributed by atoms with Crippen molar-refractivity contribution in [3.05, 3.63) is 0 Å².